The number of ether oxygens (including phenoxy) is 2. The quantitative estimate of drug-likeness (QED) is 0.388. The van der Waals surface area contributed by atoms with Crippen molar-refractivity contribution in [3.05, 3.63) is 101 Å². The maximum atomic E-state index is 13.1. The highest BCUT2D eigenvalue weighted by atomic mass is 35.5. The number of hydrogen-bond acceptors (Lipinski definition) is 4. The summed E-state index contributed by atoms with van der Waals surface area (Å²) in [6.45, 7) is 3.35. The second-order valence-corrected chi connectivity index (χ2v) is 7.84. The predicted molar refractivity (Wildman–Crippen MR) is 127 cm³/mol. The molecule has 166 valence electrons. The monoisotopic (exact) mass is 450 g/mol. The molecule has 0 N–H and O–H groups in total. The lowest BCUT2D eigenvalue weighted by Crippen LogP contribution is -2.28. The van der Waals surface area contributed by atoms with Crippen LogP contribution < -0.4 is 4.74 Å². The maximum absolute atomic E-state index is 13.1. The first-order valence-electron chi connectivity index (χ1n) is 10.4. The van der Waals surface area contributed by atoms with Gasteiger partial charge in [-0.1, -0.05) is 41.9 Å². The second-order valence-electron chi connectivity index (χ2n) is 7.44. The summed E-state index contributed by atoms with van der Waals surface area (Å²) in [6.07, 6.45) is 6.69. The Morgan fingerprint density at radius 1 is 1.06 bits per heavy atom. The number of methoxy groups -OCH3 is 1. The van der Waals surface area contributed by atoms with E-state index in [0.29, 0.717) is 24.7 Å². The third-order valence-corrected chi connectivity index (χ3v) is 5.10. The fraction of sp³-hybridized carbons (Fsp3) is 0.231. The van der Waals surface area contributed by atoms with Gasteiger partial charge in [0.2, 0.25) is 5.91 Å². The average molecular weight is 451 g/mol. The summed E-state index contributed by atoms with van der Waals surface area (Å²) in [7, 11) is 1.65. The lowest BCUT2D eigenvalue weighted by molar-refractivity contribution is -0.127. The summed E-state index contributed by atoms with van der Waals surface area (Å²) < 4.78 is 11.0. The lowest BCUT2D eigenvalue weighted by Gasteiger charge is -2.22. The zero-order valence-electron chi connectivity index (χ0n) is 18.3. The highest BCUT2D eigenvalue weighted by Gasteiger charge is 2.14. The minimum atomic E-state index is -0.110. The van der Waals surface area contributed by atoms with Gasteiger partial charge in [-0.3, -0.25) is 9.78 Å². The van der Waals surface area contributed by atoms with Crippen LogP contribution in [0.1, 0.15) is 23.6 Å². The van der Waals surface area contributed by atoms with Crippen molar-refractivity contribution < 1.29 is 14.3 Å². The third kappa shape index (κ3) is 7.22. The number of pyridine rings is 1. The molecule has 0 bridgehead atoms. The summed E-state index contributed by atoms with van der Waals surface area (Å²) in [4.78, 5) is 19.0. The van der Waals surface area contributed by atoms with E-state index in [1.54, 1.807) is 42.6 Å². The van der Waals surface area contributed by atoms with Gasteiger partial charge in [0.05, 0.1) is 6.61 Å². The van der Waals surface area contributed by atoms with Crippen LogP contribution in [0.4, 0.5) is 0 Å². The average Bonchev–Trinajstić information content (AvgIpc) is 2.79. The molecule has 0 saturated carbocycles. The number of carbonyl (C=O) groups excluding carboxylic acids is 1. The van der Waals surface area contributed by atoms with Crippen LogP contribution in [0, 0.1) is 0 Å². The molecule has 0 aliphatic heterocycles. The van der Waals surface area contributed by atoms with Crippen LogP contribution in [-0.2, 0) is 22.6 Å². The van der Waals surface area contributed by atoms with Crippen molar-refractivity contribution in [2.24, 2.45) is 0 Å². The van der Waals surface area contributed by atoms with E-state index in [1.807, 2.05) is 61.5 Å². The molecule has 32 heavy (non-hydrogen) atoms. The molecule has 0 aliphatic carbocycles. The van der Waals surface area contributed by atoms with E-state index < -0.39 is 0 Å². The summed E-state index contributed by atoms with van der Waals surface area (Å²) in [5.74, 6) is 0.635. The first kappa shape index (κ1) is 23.5. The fourth-order valence-corrected chi connectivity index (χ4v) is 3.43. The highest BCUT2D eigenvalue weighted by molar-refractivity contribution is 6.32. The molecule has 0 radical (unpaired) electrons. The first-order chi connectivity index (χ1) is 15.5. The van der Waals surface area contributed by atoms with E-state index in [1.165, 1.54) is 0 Å². The van der Waals surface area contributed by atoms with Crippen LogP contribution in [-0.4, -0.2) is 35.6 Å². The molecular weight excluding hydrogens is 424 g/mol. The zero-order chi connectivity index (χ0) is 22.8. The maximum Gasteiger partial charge on any atom is 0.247 e. The van der Waals surface area contributed by atoms with Crippen molar-refractivity contribution in [3.63, 3.8) is 0 Å². The summed E-state index contributed by atoms with van der Waals surface area (Å²) in [6, 6.07) is 19.0. The number of hydrogen-bond donors (Lipinski definition) is 0. The van der Waals surface area contributed by atoms with Crippen LogP contribution in [0.15, 0.2) is 79.1 Å². The van der Waals surface area contributed by atoms with Gasteiger partial charge in [-0.25, -0.2) is 0 Å². The smallest absolute Gasteiger partial charge is 0.247 e. The van der Waals surface area contributed by atoms with Gasteiger partial charge in [0.15, 0.2) is 0 Å². The number of carbonyl (C=O) groups is 1. The van der Waals surface area contributed by atoms with Gasteiger partial charge >= 0.3 is 0 Å². The number of rotatable bonds is 10. The molecule has 0 aliphatic rings. The minimum Gasteiger partial charge on any atom is -0.488 e. The molecule has 2 aromatic carbocycles. The van der Waals surface area contributed by atoms with Crippen molar-refractivity contribution in [1.82, 2.24) is 9.88 Å². The Labute approximate surface area is 194 Å². The van der Waals surface area contributed by atoms with Crippen molar-refractivity contribution in [2.75, 3.05) is 13.7 Å². The topological polar surface area (TPSA) is 51.7 Å². The summed E-state index contributed by atoms with van der Waals surface area (Å²) in [5, 5.41) is 0.604. The van der Waals surface area contributed by atoms with Gasteiger partial charge in [0.25, 0.3) is 0 Å². The predicted octanol–water partition coefficient (Wildman–Crippen LogP) is 5.39. The van der Waals surface area contributed by atoms with Crippen molar-refractivity contribution in [2.45, 2.75) is 26.1 Å². The molecule has 5 nitrogen and oxygen atoms in total. The Balaban J connectivity index is 1.78. The van der Waals surface area contributed by atoms with Gasteiger partial charge in [0, 0.05) is 43.7 Å². The number of benzene rings is 2. The second kappa shape index (κ2) is 12.0. The molecule has 1 unspecified atom stereocenters. The molecule has 0 spiro atoms. The van der Waals surface area contributed by atoms with E-state index in [9.17, 15) is 4.79 Å². The summed E-state index contributed by atoms with van der Waals surface area (Å²) in [5.41, 5.74) is 2.77. The molecule has 1 amide bonds. The van der Waals surface area contributed by atoms with Crippen molar-refractivity contribution >= 4 is 23.6 Å². The van der Waals surface area contributed by atoms with Gasteiger partial charge < -0.3 is 14.4 Å². The van der Waals surface area contributed by atoms with Crippen LogP contribution >= 0.6 is 11.6 Å². The Hall–Kier alpha value is -3.15. The number of aromatic nitrogens is 1. The Morgan fingerprint density at radius 3 is 2.56 bits per heavy atom. The third-order valence-electron chi connectivity index (χ3n) is 4.76. The molecule has 1 heterocycles. The molecule has 1 aromatic heterocycles. The largest absolute Gasteiger partial charge is 0.488 e. The molecular formula is C26H27ClN2O3. The van der Waals surface area contributed by atoms with E-state index in [0.717, 1.165) is 22.4 Å². The van der Waals surface area contributed by atoms with Crippen LogP contribution in [0.25, 0.3) is 6.08 Å². The lowest BCUT2D eigenvalue weighted by atomic mass is 10.1. The molecule has 3 rings (SSSR count). The summed E-state index contributed by atoms with van der Waals surface area (Å²) >= 11 is 6.22. The molecule has 1 atom stereocenters. The van der Waals surface area contributed by atoms with Gasteiger partial charge in [-0.05, 0) is 60.0 Å². The van der Waals surface area contributed by atoms with Crippen molar-refractivity contribution in [1.29, 1.82) is 0 Å². The fourth-order valence-electron chi connectivity index (χ4n) is 3.24. The van der Waals surface area contributed by atoms with Gasteiger partial charge in [-0.2, -0.15) is 0 Å². The van der Waals surface area contributed by atoms with Crippen LogP contribution in [0.2, 0.25) is 5.02 Å². The molecule has 3 aromatic rings. The number of amides is 1. The van der Waals surface area contributed by atoms with Crippen molar-refractivity contribution in [3.8, 4) is 5.75 Å². The number of nitrogens with zero attached hydrogens (tertiary/aromatic N) is 2. The van der Waals surface area contributed by atoms with E-state index in [2.05, 4.69) is 4.98 Å². The normalized spacial score (nSPS) is 12.0. The highest BCUT2D eigenvalue weighted by Crippen LogP contribution is 2.19. The van der Waals surface area contributed by atoms with E-state index in [4.69, 9.17) is 21.1 Å². The Kier molecular flexibility index (Phi) is 8.84. The standard InChI is InChI=1S/C26H27ClN2O3/c1-20(19-31-2)32-24-8-5-6-22(16-24)18-29(17-21-12-14-28-15-13-21)26(30)11-10-23-7-3-4-9-25(23)27/h3-16,20H,17-19H2,1-2H3. The molecule has 0 fully saturated rings. The van der Waals surface area contributed by atoms with Crippen LogP contribution in [0.5, 0.6) is 5.75 Å². The molecule has 0 saturated heterocycles. The number of halogens is 1. The van der Waals surface area contributed by atoms with E-state index >= 15 is 0 Å². The Bertz CT molecular complexity index is 1040. The van der Waals surface area contributed by atoms with Crippen LogP contribution in [0.3, 0.4) is 0 Å². The minimum absolute atomic E-state index is 0.0663. The zero-order valence-corrected chi connectivity index (χ0v) is 19.0. The molecule has 6 heteroatoms. The van der Waals surface area contributed by atoms with Gasteiger partial charge in [0.1, 0.15) is 11.9 Å². The van der Waals surface area contributed by atoms with E-state index in [-0.39, 0.29) is 12.0 Å². The van der Waals surface area contributed by atoms with Gasteiger partial charge in [-0.15, -0.1) is 0 Å². The Morgan fingerprint density at radius 2 is 1.81 bits per heavy atom. The SMILES string of the molecule is COCC(C)Oc1cccc(CN(Cc2ccncc2)C(=O)C=Cc2ccccc2Cl)c1. The first-order valence-corrected chi connectivity index (χ1v) is 10.8.